The zero-order chi connectivity index (χ0) is 14.8. The number of para-hydroxylation sites is 1. The molecule has 0 aliphatic rings. The van der Waals surface area contributed by atoms with Crippen LogP contribution < -0.4 is 5.32 Å². The van der Waals surface area contributed by atoms with Crippen LogP contribution in [0.4, 0.5) is 5.69 Å². The highest BCUT2D eigenvalue weighted by Gasteiger charge is 2.07. The first-order valence-corrected chi connectivity index (χ1v) is 7.37. The molecule has 21 heavy (non-hydrogen) atoms. The molecule has 0 amide bonds. The summed E-state index contributed by atoms with van der Waals surface area (Å²) in [4.78, 5) is 0. The van der Waals surface area contributed by atoms with Crippen molar-refractivity contribution < 1.29 is 10.2 Å². The lowest BCUT2D eigenvalue weighted by Crippen LogP contribution is -2.00. The van der Waals surface area contributed by atoms with Crippen LogP contribution in [0.2, 0.25) is 0 Å². The van der Waals surface area contributed by atoms with Gasteiger partial charge in [0.2, 0.25) is 0 Å². The maximum Gasteiger partial charge on any atom is 0.134 e. The molecule has 0 unspecified atom stereocenters. The zero-order valence-corrected chi connectivity index (χ0v) is 12.8. The largest absolute Gasteiger partial charge is 0.507 e. The van der Waals surface area contributed by atoms with Gasteiger partial charge in [-0.15, -0.1) is 0 Å². The molecule has 0 spiro atoms. The molecule has 106 valence electrons. The van der Waals surface area contributed by atoms with E-state index in [1.54, 1.807) is 12.1 Å². The van der Waals surface area contributed by atoms with Crippen molar-refractivity contribution in [2.45, 2.75) is 6.54 Å². The molecular formula is C17H14BrNO2. The summed E-state index contributed by atoms with van der Waals surface area (Å²) in [5.74, 6) is 0.509. The van der Waals surface area contributed by atoms with Gasteiger partial charge < -0.3 is 15.5 Å². The van der Waals surface area contributed by atoms with Crippen molar-refractivity contribution >= 4 is 32.4 Å². The molecule has 0 bridgehead atoms. The standard InChI is InChI=1S/C17H14BrNO2/c18-14-7-1-4-11(17(14)21)10-19-15-8-2-6-13-12(15)5-3-9-16(13)20/h1-9,19-21H,10H2. The van der Waals surface area contributed by atoms with Gasteiger partial charge in [-0.25, -0.2) is 0 Å². The van der Waals surface area contributed by atoms with Crippen LogP contribution in [0.1, 0.15) is 5.56 Å². The van der Waals surface area contributed by atoms with Crippen molar-refractivity contribution in [1.29, 1.82) is 0 Å². The average molecular weight is 344 g/mol. The van der Waals surface area contributed by atoms with Gasteiger partial charge in [-0.05, 0) is 34.1 Å². The van der Waals surface area contributed by atoms with Gasteiger partial charge in [0.05, 0.1) is 4.47 Å². The Balaban J connectivity index is 1.92. The van der Waals surface area contributed by atoms with E-state index < -0.39 is 0 Å². The van der Waals surface area contributed by atoms with Gasteiger partial charge in [0.1, 0.15) is 11.5 Å². The predicted octanol–water partition coefficient (Wildman–Crippen LogP) is 4.63. The SMILES string of the molecule is Oc1c(Br)cccc1CNc1cccc2c(O)cccc12. The second kappa shape index (κ2) is 5.66. The third kappa shape index (κ3) is 2.67. The number of phenolic OH excluding ortho intramolecular Hbond substituents is 2. The number of phenols is 2. The molecule has 3 rings (SSSR count). The Hall–Kier alpha value is -2.20. The number of benzene rings is 3. The van der Waals surface area contributed by atoms with Crippen molar-refractivity contribution in [1.82, 2.24) is 0 Å². The number of anilines is 1. The van der Waals surface area contributed by atoms with E-state index in [0.717, 1.165) is 22.0 Å². The van der Waals surface area contributed by atoms with Crippen LogP contribution in [-0.4, -0.2) is 10.2 Å². The lowest BCUT2D eigenvalue weighted by atomic mass is 10.1. The van der Waals surface area contributed by atoms with Crippen LogP contribution in [0.3, 0.4) is 0 Å². The minimum absolute atomic E-state index is 0.244. The van der Waals surface area contributed by atoms with E-state index in [9.17, 15) is 10.2 Å². The Kier molecular flexibility index (Phi) is 3.71. The summed E-state index contributed by atoms with van der Waals surface area (Å²) in [6, 6.07) is 16.7. The summed E-state index contributed by atoms with van der Waals surface area (Å²) in [7, 11) is 0. The first kappa shape index (κ1) is 13.8. The van der Waals surface area contributed by atoms with Crippen molar-refractivity contribution in [2.24, 2.45) is 0 Å². The van der Waals surface area contributed by atoms with Crippen LogP contribution in [0.5, 0.6) is 11.5 Å². The molecular weight excluding hydrogens is 330 g/mol. The van der Waals surface area contributed by atoms with E-state index >= 15 is 0 Å². The molecule has 3 aromatic carbocycles. The van der Waals surface area contributed by atoms with Gasteiger partial charge in [-0.1, -0.05) is 36.4 Å². The molecule has 0 saturated carbocycles. The first-order valence-electron chi connectivity index (χ1n) is 6.58. The quantitative estimate of drug-likeness (QED) is 0.650. The number of halogens is 1. The summed E-state index contributed by atoms with van der Waals surface area (Å²) >= 11 is 3.31. The molecule has 0 atom stereocenters. The number of hydrogen-bond acceptors (Lipinski definition) is 3. The van der Waals surface area contributed by atoms with Crippen LogP contribution in [0.15, 0.2) is 59.1 Å². The van der Waals surface area contributed by atoms with Crippen molar-refractivity contribution in [2.75, 3.05) is 5.32 Å². The Morgan fingerprint density at radius 1 is 0.857 bits per heavy atom. The summed E-state index contributed by atoms with van der Waals surface area (Å²) in [6.45, 7) is 0.500. The monoisotopic (exact) mass is 343 g/mol. The summed E-state index contributed by atoms with van der Waals surface area (Å²) in [6.07, 6.45) is 0. The van der Waals surface area contributed by atoms with Gasteiger partial charge in [0, 0.05) is 28.6 Å². The Labute approximate surface area is 131 Å². The van der Waals surface area contributed by atoms with Crippen LogP contribution in [0, 0.1) is 0 Å². The van der Waals surface area contributed by atoms with Gasteiger partial charge in [-0.2, -0.15) is 0 Å². The van der Waals surface area contributed by atoms with Crippen LogP contribution in [0.25, 0.3) is 10.8 Å². The molecule has 4 heteroatoms. The normalized spacial score (nSPS) is 10.7. The van der Waals surface area contributed by atoms with E-state index in [4.69, 9.17) is 0 Å². The topological polar surface area (TPSA) is 52.5 Å². The summed E-state index contributed by atoms with van der Waals surface area (Å²) in [5, 5.41) is 25.0. The molecule has 0 aromatic heterocycles. The van der Waals surface area contributed by atoms with Crippen LogP contribution >= 0.6 is 15.9 Å². The fraction of sp³-hybridized carbons (Fsp3) is 0.0588. The highest BCUT2D eigenvalue weighted by molar-refractivity contribution is 9.10. The van der Waals surface area contributed by atoms with Gasteiger partial charge in [0.25, 0.3) is 0 Å². The van der Waals surface area contributed by atoms with Gasteiger partial charge in [0.15, 0.2) is 0 Å². The minimum Gasteiger partial charge on any atom is -0.507 e. The second-order valence-corrected chi connectivity index (χ2v) is 5.63. The molecule has 0 heterocycles. The van der Waals surface area contributed by atoms with E-state index in [-0.39, 0.29) is 11.5 Å². The predicted molar refractivity (Wildman–Crippen MR) is 88.7 cm³/mol. The number of fused-ring (bicyclic) bond motifs is 1. The fourth-order valence-corrected chi connectivity index (χ4v) is 2.75. The maximum absolute atomic E-state index is 10.0. The Morgan fingerprint density at radius 3 is 2.43 bits per heavy atom. The molecule has 0 radical (unpaired) electrons. The van der Waals surface area contributed by atoms with Crippen molar-refractivity contribution in [3.8, 4) is 11.5 Å². The number of aromatic hydroxyl groups is 2. The summed E-state index contributed by atoms with van der Waals surface area (Å²) in [5.41, 5.74) is 1.73. The van der Waals surface area contributed by atoms with Gasteiger partial charge >= 0.3 is 0 Å². The molecule has 0 saturated heterocycles. The van der Waals surface area contributed by atoms with Gasteiger partial charge in [-0.3, -0.25) is 0 Å². The first-order chi connectivity index (χ1) is 10.2. The lowest BCUT2D eigenvalue weighted by Gasteiger charge is -2.12. The number of hydrogen-bond donors (Lipinski definition) is 3. The molecule has 0 aliphatic heterocycles. The Bertz CT molecular complexity index is 802. The molecule has 3 aromatic rings. The average Bonchev–Trinajstić information content (AvgIpc) is 2.49. The van der Waals surface area contributed by atoms with E-state index in [0.29, 0.717) is 11.0 Å². The van der Waals surface area contributed by atoms with Crippen LogP contribution in [-0.2, 0) is 6.54 Å². The fourth-order valence-electron chi connectivity index (χ4n) is 2.34. The highest BCUT2D eigenvalue weighted by atomic mass is 79.9. The second-order valence-electron chi connectivity index (χ2n) is 4.78. The molecule has 0 fully saturated rings. The molecule has 0 aliphatic carbocycles. The third-order valence-electron chi connectivity index (χ3n) is 3.44. The van der Waals surface area contributed by atoms with E-state index in [2.05, 4.69) is 21.2 Å². The lowest BCUT2D eigenvalue weighted by molar-refractivity contribution is 0.465. The van der Waals surface area contributed by atoms with Crippen molar-refractivity contribution in [3.63, 3.8) is 0 Å². The third-order valence-corrected chi connectivity index (χ3v) is 4.08. The molecule has 3 N–H and O–H groups in total. The number of nitrogens with one attached hydrogen (secondary N) is 1. The zero-order valence-electron chi connectivity index (χ0n) is 11.2. The maximum atomic E-state index is 10.0. The smallest absolute Gasteiger partial charge is 0.134 e. The Morgan fingerprint density at radius 2 is 1.57 bits per heavy atom. The summed E-state index contributed by atoms with van der Waals surface area (Å²) < 4.78 is 0.678. The highest BCUT2D eigenvalue weighted by Crippen LogP contribution is 2.31. The minimum atomic E-state index is 0.244. The molecule has 3 nitrogen and oxygen atoms in total. The van der Waals surface area contributed by atoms with Crippen molar-refractivity contribution in [3.05, 3.63) is 64.6 Å². The van der Waals surface area contributed by atoms with E-state index in [1.165, 1.54) is 0 Å². The van der Waals surface area contributed by atoms with E-state index in [1.807, 2.05) is 42.5 Å². The number of rotatable bonds is 3.